The fraction of sp³-hybridized carbons (Fsp3) is 0.208. The molecule has 0 spiro atoms. The van der Waals surface area contributed by atoms with Gasteiger partial charge >= 0.3 is 0 Å². The smallest absolute Gasteiger partial charge is 0.230 e. The van der Waals surface area contributed by atoms with E-state index < -0.39 is 0 Å². The molecule has 1 aliphatic rings. The number of thiazole rings is 1. The highest BCUT2D eigenvalue weighted by molar-refractivity contribution is 7.13. The van der Waals surface area contributed by atoms with Crippen molar-refractivity contribution in [2.45, 2.75) is 32.2 Å². The van der Waals surface area contributed by atoms with Crippen LogP contribution in [0.4, 0.5) is 5.69 Å². The number of benzene rings is 2. The number of rotatable bonds is 5. The van der Waals surface area contributed by atoms with Crippen LogP contribution in [-0.4, -0.2) is 20.4 Å². The van der Waals surface area contributed by atoms with E-state index in [-0.39, 0.29) is 12.3 Å². The first-order chi connectivity index (χ1) is 15.2. The number of fused-ring (bicyclic) bond motifs is 1. The SMILES string of the molecule is O=C(Cc1csc(-c2ccccc2Cl)n1)Nc1ccc(-c2ncc3n2CCCC3)cc1. The van der Waals surface area contributed by atoms with Gasteiger partial charge in [-0.05, 0) is 49.6 Å². The molecule has 1 amide bonds. The molecule has 5 rings (SSSR count). The van der Waals surface area contributed by atoms with Crippen LogP contribution in [0.1, 0.15) is 24.2 Å². The third kappa shape index (κ3) is 4.27. The van der Waals surface area contributed by atoms with Crippen LogP contribution in [-0.2, 0) is 24.2 Å². The molecule has 1 aliphatic heterocycles. The standard InChI is InChI=1S/C24H21ClN4OS/c25-21-7-2-1-6-20(21)24-28-18(15-31-24)13-22(30)27-17-10-8-16(9-11-17)23-26-14-19-5-3-4-12-29(19)23/h1-2,6-11,14-15H,3-5,12-13H2,(H,27,30). The maximum atomic E-state index is 12.5. The molecule has 1 N–H and O–H groups in total. The average molecular weight is 449 g/mol. The minimum Gasteiger partial charge on any atom is -0.328 e. The van der Waals surface area contributed by atoms with Crippen LogP contribution in [0.15, 0.2) is 60.1 Å². The molecule has 7 heteroatoms. The molecule has 31 heavy (non-hydrogen) atoms. The number of carbonyl (C=O) groups excluding carboxylic acids is 1. The topological polar surface area (TPSA) is 59.8 Å². The summed E-state index contributed by atoms with van der Waals surface area (Å²) >= 11 is 7.74. The molecule has 0 radical (unpaired) electrons. The van der Waals surface area contributed by atoms with Crippen LogP contribution >= 0.6 is 22.9 Å². The van der Waals surface area contributed by atoms with Crippen molar-refractivity contribution in [2.75, 3.05) is 5.32 Å². The third-order valence-corrected chi connectivity index (χ3v) is 6.68. The lowest BCUT2D eigenvalue weighted by Crippen LogP contribution is -2.14. The normalized spacial score (nSPS) is 13.1. The number of aromatic nitrogens is 3. The quantitative estimate of drug-likeness (QED) is 0.417. The molecule has 4 aromatic rings. The van der Waals surface area contributed by atoms with Gasteiger partial charge in [-0.3, -0.25) is 4.79 Å². The number of carbonyl (C=O) groups is 1. The largest absolute Gasteiger partial charge is 0.328 e. The van der Waals surface area contributed by atoms with Gasteiger partial charge in [-0.15, -0.1) is 11.3 Å². The molecule has 0 aliphatic carbocycles. The second-order valence-electron chi connectivity index (χ2n) is 7.61. The Balaban J connectivity index is 1.24. The maximum absolute atomic E-state index is 12.5. The number of amides is 1. The van der Waals surface area contributed by atoms with Crippen LogP contribution in [0.2, 0.25) is 5.02 Å². The van der Waals surface area contributed by atoms with Gasteiger partial charge in [0.05, 0.1) is 17.1 Å². The highest BCUT2D eigenvalue weighted by atomic mass is 35.5. The Labute approximate surface area is 189 Å². The van der Waals surface area contributed by atoms with E-state index in [1.54, 1.807) is 0 Å². The van der Waals surface area contributed by atoms with E-state index in [2.05, 4.69) is 19.9 Å². The molecule has 0 bridgehead atoms. The van der Waals surface area contributed by atoms with Crippen LogP contribution in [0.25, 0.3) is 22.0 Å². The minimum atomic E-state index is -0.0954. The summed E-state index contributed by atoms with van der Waals surface area (Å²) in [5.74, 6) is 0.907. The lowest BCUT2D eigenvalue weighted by Gasteiger charge is -2.16. The van der Waals surface area contributed by atoms with E-state index in [0.29, 0.717) is 5.02 Å². The summed E-state index contributed by atoms with van der Waals surface area (Å²) in [4.78, 5) is 21.7. The zero-order valence-corrected chi connectivity index (χ0v) is 18.4. The first kappa shape index (κ1) is 20.0. The van der Waals surface area contributed by atoms with Crippen LogP contribution in [0.5, 0.6) is 0 Å². The molecule has 0 saturated heterocycles. The second-order valence-corrected chi connectivity index (χ2v) is 8.87. The first-order valence-corrected chi connectivity index (χ1v) is 11.6. The summed E-state index contributed by atoms with van der Waals surface area (Å²) in [6, 6.07) is 15.5. The van der Waals surface area contributed by atoms with Crippen molar-refractivity contribution in [3.8, 4) is 22.0 Å². The van der Waals surface area contributed by atoms with Gasteiger partial charge in [0.1, 0.15) is 10.8 Å². The summed E-state index contributed by atoms with van der Waals surface area (Å²) in [5, 5.41) is 6.34. The van der Waals surface area contributed by atoms with Crippen molar-refractivity contribution in [3.63, 3.8) is 0 Å². The summed E-state index contributed by atoms with van der Waals surface area (Å²) in [7, 11) is 0. The number of nitrogens with zero attached hydrogens (tertiary/aromatic N) is 3. The molecule has 0 unspecified atom stereocenters. The Morgan fingerprint density at radius 2 is 1.97 bits per heavy atom. The van der Waals surface area contributed by atoms with Gasteiger partial charge in [0, 0.05) is 40.6 Å². The lowest BCUT2D eigenvalue weighted by molar-refractivity contribution is -0.115. The van der Waals surface area contributed by atoms with Crippen molar-refractivity contribution in [1.82, 2.24) is 14.5 Å². The summed E-state index contributed by atoms with van der Waals surface area (Å²) in [5.41, 5.74) is 4.75. The summed E-state index contributed by atoms with van der Waals surface area (Å²) < 4.78 is 2.30. The van der Waals surface area contributed by atoms with Crippen LogP contribution in [0, 0.1) is 0 Å². The Morgan fingerprint density at radius 3 is 2.81 bits per heavy atom. The van der Waals surface area contributed by atoms with E-state index in [4.69, 9.17) is 11.6 Å². The van der Waals surface area contributed by atoms with Crippen molar-refractivity contribution in [3.05, 3.63) is 76.5 Å². The molecule has 0 saturated carbocycles. The van der Waals surface area contributed by atoms with Gasteiger partial charge in [-0.1, -0.05) is 29.8 Å². The van der Waals surface area contributed by atoms with E-state index in [1.165, 1.54) is 29.9 Å². The van der Waals surface area contributed by atoms with Crippen LogP contribution in [0.3, 0.4) is 0 Å². The van der Waals surface area contributed by atoms with Crippen molar-refractivity contribution in [2.24, 2.45) is 0 Å². The number of nitrogens with one attached hydrogen (secondary N) is 1. The van der Waals surface area contributed by atoms with Crippen LogP contribution < -0.4 is 5.32 Å². The molecular formula is C24H21ClN4OS. The fourth-order valence-corrected chi connectivity index (χ4v) is 5.03. The lowest BCUT2D eigenvalue weighted by atomic mass is 10.1. The van der Waals surface area contributed by atoms with Gasteiger partial charge in [0.25, 0.3) is 0 Å². The highest BCUT2D eigenvalue weighted by Crippen LogP contribution is 2.30. The number of hydrogen-bond donors (Lipinski definition) is 1. The molecule has 0 fully saturated rings. The minimum absolute atomic E-state index is 0.0954. The molecule has 2 aromatic carbocycles. The number of aryl methyl sites for hydroxylation is 1. The average Bonchev–Trinajstić information content (AvgIpc) is 3.42. The van der Waals surface area contributed by atoms with Gasteiger partial charge in [-0.2, -0.15) is 0 Å². The number of anilines is 1. The Kier molecular flexibility index (Phi) is 5.57. The summed E-state index contributed by atoms with van der Waals surface area (Å²) in [6.07, 6.45) is 5.72. The fourth-order valence-electron chi connectivity index (χ4n) is 3.89. The monoisotopic (exact) mass is 448 g/mol. The number of halogens is 1. The zero-order valence-electron chi connectivity index (χ0n) is 16.8. The third-order valence-electron chi connectivity index (χ3n) is 5.43. The predicted octanol–water partition coefficient (Wildman–Crippen LogP) is 5.84. The van der Waals surface area contributed by atoms with Crippen molar-refractivity contribution in [1.29, 1.82) is 0 Å². The highest BCUT2D eigenvalue weighted by Gasteiger charge is 2.15. The number of imidazole rings is 1. The predicted molar refractivity (Wildman–Crippen MR) is 125 cm³/mol. The molecule has 3 heterocycles. The van der Waals surface area contributed by atoms with E-state index in [9.17, 15) is 4.79 Å². The van der Waals surface area contributed by atoms with Crippen molar-refractivity contribution >= 4 is 34.5 Å². The van der Waals surface area contributed by atoms with Gasteiger partial charge in [0.2, 0.25) is 5.91 Å². The Hall–Kier alpha value is -2.96. The molecule has 0 atom stereocenters. The van der Waals surface area contributed by atoms with Gasteiger partial charge in [0.15, 0.2) is 0 Å². The molecular weight excluding hydrogens is 428 g/mol. The van der Waals surface area contributed by atoms with Crippen molar-refractivity contribution < 1.29 is 4.79 Å². The van der Waals surface area contributed by atoms with Gasteiger partial charge in [-0.25, -0.2) is 9.97 Å². The molecule has 156 valence electrons. The van der Waals surface area contributed by atoms with E-state index >= 15 is 0 Å². The number of hydrogen-bond acceptors (Lipinski definition) is 4. The second kappa shape index (κ2) is 8.65. The van der Waals surface area contributed by atoms with E-state index in [0.717, 1.165) is 46.3 Å². The Morgan fingerprint density at radius 1 is 1.13 bits per heavy atom. The zero-order chi connectivity index (χ0) is 21.2. The molecule has 5 nitrogen and oxygen atoms in total. The first-order valence-electron chi connectivity index (χ1n) is 10.3. The van der Waals surface area contributed by atoms with Gasteiger partial charge < -0.3 is 9.88 Å². The summed E-state index contributed by atoms with van der Waals surface area (Å²) in [6.45, 7) is 1.02. The maximum Gasteiger partial charge on any atom is 0.230 e. The Bertz CT molecular complexity index is 1230. The van der Waals surface area contributed by atoms with E-state index in [1.807, 2.05) is 60.1 Å². The molecule has 2 aromatic heterocycles.